The summed E-state index contributed by atoms with van der Waals surface area (Å²) >= 11 is 0. The van der Waals surface area contributed by atoms with E-state index in [9.17, 15) is 4.79 Å². The third kappa shape index (κ3) is 1.88. The molecule has 0 aromatic carbocycles. The van der Waals surface area contributed by atoms with Crippen molar-refractivity contribution in [3.8, 4) is 0 Å². The second kappa shape index (κ2) is 4.30. The Balaban J connectivity index is 2.31. The molecule has 84 valence electrons. The van der Waals surface area contributed by atoms with Crippen LogP contribution in [0.25, 0.3) is 11.1 Å². The summed E-state index contributed by atoms with van der Waals surface area (Å²) in [5.41, 5.74) is 1.74. The molecule has 16 heavy (non-hydrogen) atoms. The lowest BCUT2D eigenvalue weighted by Crippen LogP contribution is -2.23. The van der Waals surface area contributed by atoms with Crippen LogP contribution in [0.5, 0.6) is 0 Å². The zero-order chi connectivity index (χ0) is 11.5. The third-order valence-electron chi connectivity index (χ3n) is 2.31. The predicted octanol–water partition coefficient (Wildman–Crippen LogP) is 1.67. The van der Waals surface area contributed by atoms with E-state index in [1.807, 2.05) is 13.8 Å². The van der Waals surface area contributed by atoms with E-state index in [1.54, 1.807) is 6.07 Å². The Labute approximate surface area is 92.8 Å². The SMILES string of the molecule is CCCNC(=O)c1cnc2onc(C)c2c1. The molecule has 0 atom stereocenters. The molecule has 0 aliphatic rings. The first kappa shape index (κ1) is 10.6. The molecular formula is C11H13N3O2. The van der Waals surface area contributed by atoms with Crippen LogP contribution in [0.3, 0.4) is 0 Å². The Hall–Kier alpha value is -1.91. The second-order valence-corrected chi connectivity index (χ2v) is 3.60. The summed E-state index contributed by atoms with van der Waals surface area (Å²) in [7, 11) is 0. The van der Waals surface area contributed by atoms with Crippen LogP contribution in [0.15, 0.2) is 16.8 Å². The van der Waals surface area contributed by atoms with Gasteiger partial charge in [-0.15, -0.1) is 0 Å². The van der Waals surface area contributed by atoms with E-state index in [4.69, 9.17) is 4.52 Å². The maximum atomic E-state index is 11.7. The molecule has 2 aromatic heterocycles. The van der Waals surface area contributed by atoms with Crippen molar-refractivity contribution >= 4 is 17.0 Å². The molecule has 2 rings (SSSR count). The van der Waals surface area contributed by atoms with Crippen molar-refractivity contribution in [2.24, 2.45) is 0 Å². The Kier molecular flexibility index (Phi) is 2.85. The van der Waals surface area contributed by atoms with Gasteiger partial charge in [-0.2, -0.15) is 0 Å². The van der Waals surface area contributed by atoms with Crippen LogP contribution in [-0.4, -0.2) is 22.6 Å². The summed E-state index contributed by atoms with van der Waals surface area (Å²) in [6.07, 6.45) is 2.41. The molecule has 0 radical (unpaired) electrons. The predicted molar refractivity (Wildman–Crippen MR) is 59.2 cm³/mol. The number of fused-ring (bicyclic) bond motifs is 1. The number of hydrogen-bond donors (Lipinski definition) is 1. The average molecular weight is 219 g/mol. The van der Waals surface area contributed by atoms with Crippen LogP contribution in [0.4, 0.5) is 0 Å². The van der Waals surface area contributed by atoms with Gasteiger partial charge in [0, 0.05) is 12.7 Å². The number of hydrogen-bond acceptors (Lipinski definition) is 4. The van der Waals surface area contributed by atoms with Crippen molar-refractivity contribution in [2.75, 3.05) is 6.54 Å². The fourth-order valence-electron chi connectivity index (χ4n) is 1.41. The highest BCUT2D eigenvalue weighted by Crippen LogP contribution is 2.16. The Morgan fingerprint density at radius 3 is 3.12 bits per heavy atom. The molecule has 5 nitrogen and oxygen atoms in total. The highest BCUT2D eigenvalue weighted by atomic mass is 16.5. The fourth-order valence-corrected chi connectivity index (χ4v) is 1.41. The molecule has 5 heteroatoms. The maximum absolute atomic E-state index is 11.7. The van der Waals surface area contributed by atoms with Gasteiger partial charge in [0.05, 0.1) is 16.6 Å². The van der Waals surface area contributed by atoms with Crippen LogP contribution >= 0.6 is 0 Å². The van der Waals surface area contributed by atoms with Gasteiger partial charge in [0.2, 0.25) is 0 Å². The minimum absolute atomic E-state index is 0.114. The lowest BCUT2D eigenvalue weighted by Gasteiger charge is -2.02. The van der Waals surface area contributed by atoms with Crippen LogP contribution in [0, 0.1) is 6.92 Å². The Bertz CT molecular complexity index is 519. The molecule has 1 N–H and O–H groups in total. The smallest absolute Gasteiger partial charge is 0.257 e. The van der Waals surface area contributed by atoms with Gasteiger partial charge < -0.3 is 9.84 Å². The van der Waals surface area contributed by atoms with E-state index in [0.29, 0.717) is 17.8 Å². The van der Waals surface area contributed by atoms with Crippen LogP contribution in [0.2, 0.25) is 0 Å². The Morgan fingerprint density at radius 2 is 2.38 bits per heavy atom. The van der Waals surface area contributed by atoms with Gasteiger partial charge in [0.1, 0.15) is 0 Å². The number of nitrogens with zero attached hydrogens (tertiary/aromatic N) is 2. The number of pyridine rings is 1. The minimum Gasteiger partial charge on any atom is -0.352 e. The van der Waals surface area contributed by atoms with Gasteiger partial charge in [-0.1, -0.05) is 12.1 Å². The summed E-state index contributed by atoms with van der Waals surface area (Å²) in [5, 5.41) is 7.37. The first-order valence-corrected chi connectivity index (χ1v) is 5.22. The monoisotopic (exact) mass is 219 g/mol. The largest absolute Gasteiger partial charge is 0.352 e. The summed E-state index contributed by atoms with van der Waals surface area (Å²) in [6.45, 7) is 4.49. The summed E-state index contributed by atoms with van der Waals surface area (Å²) in [4.78, 5) is 15.7. The Morgan fingerprint density at radius 1 is 1.56 bits per heavy atom. The molecule has 0 saturated carbocycles. The van der Waals surface area contributed by atoms with Gasteiger partial charge in [-0.3, -0.25) is 4.79 Å². The van der Waals surface area contributed by atoms with Gasteiger partial charge in [0.15, 0.2) is 0 Å². The van der Waals surface area contributed by atoms with E-state index < -0.39 is 0 Å². The molecule has 0 spiro atoms. The first-order chi connectivity index (χ1) is 7.72. The van der Waals surface area contributed by atoms with Gasteiger partial charge in [0.25, 0.3) is 11.6 Å². The third-order valence-corrected chi connectivity index (χ3v) is 2.31. The van der Waals surface area contributed by atoms with Crippen LogP contribution < -0.4 is 5.32 Å². The number of carbonyl (C=O) groups excluding carboxylic acids is 1. The van der Waals surface area contributed by atoms with Crippen molar-refractivity contribution in [3.63, 3.8) is 0 Å². The van der Waals surface area contributed by atoms with Crippen LogP contribution in [0.1, 0.15) is 29.4 Å². The standard InChI is InChI=1S/C11H13N3O2/c1-3-4-12-10(15)8-5-9-7(2)14-16-11(9)13-6-8/h5-6H,3-4H2,1-2H3,(H,12,15). The minimum atomic E-state index is -0.114. The molecule has 0 fully saturated rings. The summed E-state index contributed by atoms with van der Waals surface area (Å²) < 4.78 is 4.97. The first-order valence-electron chi connectivity index (χ1n) is 5.22. The van der Waals surface area contributed by atoms with Crippen molar-refractivity contribution in [3.05, 3.63) is 23.5 Å². The van der Waals surface area contributed by atoms with Gasteiger partial charge in [-0.25, -0.2) is 4.98 Å². The average Bonchev–Trinajstić information content (AvgIpc) is 2.67. The quantitative estimate of drug-likeness (QED) is 0.852. The van der Waals surface area contributed by atoms with E-state index >= 15 is 0 Å². The van der Waals surface area contributed by atoms with Crippen LogP contribution in [-0.2, 0) is 0 Å². The van der Waals surface area contributed by atoms with Crippen molar-refractivity contribution in [1.29, 1.82) is 0 Å². The number of aromatic nitrogens is 2. The number of carbonyl (C=O) groups is 1. The van der Waals surface area contributed by atoms with E-state index in [1.165, 1.54) is 6.20 Å². The number of nitrogens with one attached hydrogen (secondary N) is 1. The number of aryl methyl sites for hydroxylation is 1. The fraction of sp³-hybridized carbons (Fsp3) is 0.364. The molecule has 2 aromatic rings. The molecule has 2 heterocycles. The zero-order valence-electron chi connectivity index (χ0n) is 9.28. The number of amides is 1. The summed E-state index contributed by atoms with van der Waals surface area (Å²) in [6, 6.07) is 1.75. The molecule has 0 bridgehead atoms. The highest BCUT2D eigenvalue weighted by molar-refractivity contribution is 5.96. The van der Waals surface area contributed by atoms with Crippen molar-refractivity contribution in [2.45, 2.75) is 20.3 Å². The molecule has 0 aliphatic heterocycles. The molecule has 1 amide bonds. The zero-order valence-corrected chi connectivity index (χ0v) is 9.28. The van der Waals surface area contributed by atoms with E-state index in [0.717, 1.165) is 17.5 Å². The number of rotatable bonds is 3. The van der Waals surface area contributed by atoms with Crippen molar-refractivity contribution in [1.82, 2.24) is 15.5 Å². The van der Waals surface area contributed by atoms with Gasteiger partial charge >= 0.3 is 0 Å². The highest BCUT2D eigenvalue weighted by Gasteiger charge is 2.10. The topological polar surface area (TPSA) is 68.0 Å². The molecule has 0 aliphatic carbocycles. The van der Waals surface area contributed by atoms with E-state index in [2.05, 4.69) is 15.5 Å². The normalized spacial score (nSPS) is 10.6. The maximum Gasteiger partial charge on any atom is 0.257 e. The van der Waals surface area contributed by atoms with E-state index in [-0.39, 0.29) is 5.91 Å². The lowest BCUT2D eigenvalue weighted by molar-refractivity contribution is 0.0953. The lowest BCUT2D eigenvalue weighted by atomic mass is 10.2. The molecule has 0 saturated heterocycles. The van der Waals surface area contributed by atoms with Crippen molar-refractivity contribution < 1.29 is 9.32 Å². The molecular weight excluding hydrogens is 206 g/mol. The van der Waals surface area contributed by atoms with Gasteiger partial charge in [-0.05, 0) is 19.4 Å². The second-order valence-electron chi connectivity index (χ2n) is 3.60. The molecule has 0 unspecified atom stereocenters. The summed E-state index contributed by atoms with van der Waals surface area (Å²) in [5.74, 6) is -0.114.